The van der Waals surface area contributed by atoms with E-state index in [1.807, 2.05) is 11.0 Å². The second-order valence-electron chi connectivity index (χ2n) is 9.09. The van der Waals surface area contributed by atoms with E-state index < -0.39 is 16.9 Å². The highest BCUT2D eigenvalue weighted by atomic mass is 35.5. The predicted octanol–water partition coefficient (Wildman–Crippen LogP) is 5.70. The third-order valence-electron chi connectivity index (χ3n) is 7.19. The van der Waals surface area contributed by atoms with Crippen LogP contribution in [0.3, 0.4) is 0 Å². The zero-order valence-electron chi connectivity index (χ0n) is 17.1. The van der Waals surface area contributed by atoms with Crippen molar-refractivity contribution in [1.82, 2.24) is 9.97 Å². The summed E-state index contributed by atoms with van der Waals surface area (Å²) in [7, 11) is 1.55. The number of hydrogen-bond donors (Lipinski definition) is 1. The maximum absolute atomic E-state index is 13.2. The Morgan fingerprint density at radius 2 is 1.74 bits per heavy atom. The molecule has 4 bridgehead atoms. The van der Waals surface area contributed by atoms with E-state index in [4.69, 9.17) is 22.1 Å². The highest BCUT2D eigenvalue weighted by Gasteiger charge is 2.51. The maximum atomic E-state index is 13.2. The molecule has 0 radical (unpaired) electrons. The average Bonchev–Trinajstić information content (AvgIpc) is 2.69. The van der Waals surface area contributed by atoms with Crippen LogP contribution in [0.2, 0.25) is 5.15 Å². The molecule has 1 heterocycles. The molecular weight excluding hydrogens is 429 g/mol. The molecule has 2 aromatic rings. The number of rotatable bonds is 4. The van der Waals surface area contributed by atoms with Gasteiger partial charge in [0.25, 0.3) is 0 Å². The number of nitrogens with zero attached hydrogens (tertiary/aromatic N) is 3. The van der Waals surface area contributed by atoms with E-state index in [0.29, 0.717) is 29.0 Å². The molecule has 0 amide bonds. The molecule has 0 saturated heterocycles. The van der Waals surface area contributed by atoms with Crippen LogP contribution in [0.4, 0.5) is 30.5 Å². The van der Waals surface area contributed by atoms with Gasteiger partial charge in [-0.25, -0.2) is 9.97 Å². The number of nitrogens with two attached hydrogens (primary N) is 1. The van der Waals surface area contributed by atoms with E-state index in [9.17, 15) is 13.2 Å². The summed E-state index contributed by atoms with van der Waals surface area (Å²) >= 11 is 5.99. The highest BCUT2D eigenvalue weighted by Crippen LogP contribution is 2.57. The number of benzene rings is 1. The third-order valence-corrected chi connectivity index (χ3v) is 7.48. The smallest absolute Gasteiger partial charge is 0.420 e. The molecule has 2 N–H and O–H groups in total. The number of nitrogen functional groups attached to an aromatic ring is 1. The number of hydrogen-bond acceptors (Lipinski definition) is 5. The minimum Gasteiger partial charge on any atom is -0.494 e. The normalized spacial score (nSPS) is 29.3. The molecule has 5 nitrogen and oxygen atoms in total. The Bertz CT molecular complexity index is 971. The summed E-state index contributed by atoms with van der Waals surface area (Å²) in [6.07, 6.45) is 1.96. The van der Waals surface area contributed by atoms with E-state index in [-0.39, 0.29) is 12.0 Å². The molecular formula is C22H24ClF3N4O. The Balaban J connectivity index is 1.63. The maximum Gasteiger partial charge on any atom is 0.420 e. The average molecular weight is 453 g/mol. The number of aromatic nitrogens is 2. The van der Waals surface area contributed by atoms with Gasteiger partial charge in [0.05, 0.1) is 12.8 Å². The number of ether oxygens (including phenoxy) is 1. The van der Waals surface area contributed by atoms with Gasteiger partial charge in [-0.3, -0.25) is 0 Å². The first-order chi connectivity index (χ1) is 14.7. The summed E-state index contributed by atoms with van der Waals surface area (Å²) in [6.45, 7) is 0. The Morgan fingerprint density at radius 1 is 1.10 bits per heavy atom. The summed E-state index contributed by atoms with van der Waals surface area (Å²) in [5.74, 6) is 3.05. The Labute approximate surface area is 183 Å². The van der Waals surface area contributed by atoms with Crippen LogP contribution >= 0.6 is 11.6 Å². The monoisotopic (exact) mass is 452 g/mol. The van der Waals surface area contributed by atoms with Gasteiger partial charge in [0.1, 0.15) is 16.5 Å². The molecule has 166 valence electrons. The molecule has 1 aromatic heterocycles. The zero-order valence-corrected chi connectivity index (χ0v) is 17.8. The summed E-state index contributed by atoms with van der Waals surface area (Å²) in [5, 5.41) is -0.597. The molecule has 6 rings (SSSR count). The van der Waals surface area contributed by atoms with Gasteiger partial charge in [-0.2, -0.15) is 13.2 Å². The van der Waals surface area contributed by atoms with Crippen LogP contribution in [0.25, 0.3) is 0 Å². The van der Waals surface area contributed by atoms with Crippen molar-refractivity contribution in [2.24, 2.45) is 23.7 Å². The topological polar surface area (TPSA) is 64.3 Å². The lowest BCUT2D eigenvalue weighted by Gasteiger charge is -2.57. The largest absolute Gasteiger partial charge is 0.494 e. The van der Waals surface area contributed by atoms with Crippen LogP contribution in [0, 0.1) is 23.7 Å². The Hall–Kier alpha value is -2.22. The van der Waals surface area contributed by atoms with Crippen molar-refractivity contribution in [3.8, 4) is 5.75 Å². The number of alkyl halides is 3. The molecule has 0 spiro atoms. The van der Waals surface area contributed by atoms with Gasteiger partial charge < -0.3 is 15.4 Å². The minimum atomic E-state index is -4.61. The molecule has 1 aromatic carbocycles. The fourth-order valence-corrected chi connectivity index (χ4v) is 6.50. The summed E-state index contributed by atoms with van der Waals surface area (Å²) in [5.41, 5.74) is 6.16. The second kappa shape index (κ2) is 7.43. The number of halogens is 4. The lowest BCUT2D eigenvalue weighted by Crippen LogP contribution is -2.55. The molecule has 0 unspecified atom stereocenters. The fourth-order valence-electron chi connectivity index (χ4n) is 6.27. The molecule has 0 atom stereocenters. The van der Waals surface area contributed by atoms with Gasteiger partial charge in [-0.15, -0.1) is 0 Å². The van der Waals surface area contributed by atoms with Crippen molar-refractivity contribution in [2.75, 3.05) is 17.7 Å². The summed E-state index contributed by atoms with van der Waals surface area (Å²) in [4.78, 5) is 10.2. The highest BCUT2D eigenvalue weighted by molar-refractivity contribution is 6.30. The standard InChI is InChI=1S/C22H24ClF3N4O/c1-31-18-9-15(27)2-3-17(18)30(21-28-10-16(20(23)29-21)22(24,25)26)19-13-5-11-4-12(7-13)8-14(19)6-11/h2-3,9-14,19H,4-8,27H2,1H3. The lowest BCUT2D eigenvalue weighted by atomic mass is 9.54. The molecule has 9 heteroatoms. The van der Waals surface area contributed by atoms with E-state index in [0.717, 1.165) is 43.7 Å². The van der Waals surface area contributed by atoms with Crippen molar-refractivity contribution in [3.05, 3.63) is 35.1 Å². The summed E-state index contributed by atoms with van der Waals surface area (Å²) < 4.78 is 45.3. The van der Waals surface area contributed by atoms with Crippen molar-refractivity contribution in [3.63, 3.8) is 0 Å². The van der Waals surface area contributed by atoms with Crippen molar-refractivity contribution >= 4 is 28.9 Å². The van der Waals surface area contributed by atoms with Crippen LogP contribution in [-0.4, -0.2) is 23.1 Å². The predicted molar refractivity (Wildman–Crippen MR) is 112 cm³/mol. The summed E-state index contributed by atoms with van der Waals surface area (Å²) in [6, 6.07) is 5.38. The van der Waals surface area contributed by atoms with Crippen LogP contribution in [0.15, 0.2) is 24.4 Å². The first-order valence-corrected chi connectivity index (χ1v) is 10.9. The van der Waals surface area contributed by atoms with Gasteiger partial charge in [0.15, 0.2) is 0 Å². The van der Waals surface area contributed by atoms with E-state index in [1.165, 1.54) is 6.42 Å². The third kappa shape index (κ3) is 3.58. The molecule has 31 heavy (non-hydrogen) atoms. The van der Waals surface area contributed by atoms with Gasteiger partial charge in [-0.05, 0) is 67.9 Å². The zero-order chi connectivity index (χ0) is 21.9. The molecule has 4 aliphatic rings. The molecule has 0 aliphatic heterocycles. The lowest BCUT2D eigenvalue weighted by molar-refractivity contribution is -0.137. The van der Waals surface area contributed by atoms with E-state index in [2.05, 4.69) is 9.97 Å². The molecule has 4 aliphatic carbocycles. The minimum absolute atomic E-state index is 0.0816. The van der Waals surface area contributed by atoms with Gasteiger partial charge in [0.2, 0.25) is 5.95 Å². The van der Waals surface area contributed by atoms with Crippen LogP contribution < -0.4 is 15.4 Å². The van der Waals surface area contributed by atoms with Gasteiger partial charge >= 0.3 is 6.18 Å². The van der Waals surface area contributed by atoms with Gasteiger partial charge in [-0.1, -0.05) is 11.6 Å². The van der Waals surface area contributed by atoms with Crippen LogP contribution in [0.1, 0.15) is 37.7 Å². The molecule has 4 saturated carbocycles. The molecule has 4 fully saturated rings. The van der Waals surface area contributed by atoms with Gasteiger partial charge in [0, 0.05) is 24.0 Å². The Morgan fingerprint density at radius 3 is 2.29 bits per heavy atom. The first kappa shape index (κ1) is 20.7. The SMILES string of the molecule is COc1cc(N)ccc1N(c1ncc(C(F)(F)F)c(Cl)n1)C1C2CC3CC(C2)CC1C3. The Kier molecular flexibility index (Phi) is 4.95. The second-order valence-corrected chi connectivity index (χ2v) is 9.45. The first-order valence-electron chi connectivity index (χ1n) is 10.6. The van der Waals surface area contributed by atoms with Crippen molar-refractivity contribution < 1.29 is 17.9 Å². The number of anilines is 3. The quantitative estimate of drug-likeness (QED) is 0.476. The number of methoxy groups -OCH3 is 1. The van der Waals surface area contributed by atoms with E-state index >= 15 is 0 Å². The fraction of sp³-hybridized carbons (Fsp3) is 0.545. The van der Waals surface area contributed by atoms with Crippen LogP contribution in [0.5, 0.6) is 5.75 Å². The van der Waals surface area contributed by atoms with Crippen molar-refractivity contribution in [2.45, 2.75) is 44.3 Å². The van der Waals surface area contributed by atoms with Crippen molar-refractivity contribution in [1.29, 1.82) is 0 Å². The van der Waals surface area contributed by atoms with Crippen LogP contribution in [-0.2, 0) is 6.18 Å². The van der Waals surface area contributed by atoms with E-state index in [1.54, 1.807) is 19.2 Å².